The van der Waals surface area contributed by atoms with Crippen LogP contribution in [0.4, 0.5) is 5.69 Å². The molecule has 0 spiro atoms. The van der Waals surface area contributed by atoms with Crippen molar-refractivity contribution in [2.45, 2.75) is 13.0 Å². The number of allylic oxidation sites excluding steroid dienone is 1. The molecule has 0 radical (unpaired) electrons. The number of benzene rings is 2. The van der Waals surface area contributed by atoms with Crippen LogP contribution in [0, 0.1) is 5.92 Å². The van der Waals surface area contributed by atoms with Crippen LogP contribution in [-0.4, -0.2) is 78.5 Å². The molecule has 0 bridgehead atoms. The van der Waals surface area contributed by atoms with E-state index in [0.717, 1.165) is 55.4 Å². The number of nitrogens with one attached hydrogen (secondary N) is 1. The Bertz CT molecular complexity index is 1450. The van der Waals surface area contributed by atoms with Crippen LogP contribution in [0.25, 0.3) is 0 Å². The molecule has 1 aliphatic carbocycles. The first-order chi connectivity index (χ1) is 19.9. The number of carbonyl (C=O) groups is 2. The number of halogens is 1. The zero-order valence-electron chi connectivity index (χ0n) is 22.4. The van der Waals surface area contributed by atoms with Gasteiger partial charge < -0.3 is 19.7 Å². The lowest BCUT2D eigenvalue weighted by Crippen LogP contribution is -2.47. The fourth-order valence-corrected chi connectivity index (χ4v) is 5.78. The lowest BCUT2D eigenvalue weighted by molar-refractivity contribution is -0.129. The number of aliphatic imine (C=N–C) groups is 1. The first-order valence-electron chi connectivity index (χ1n) is 13.7. The van der Waals surface area contributed by atoms with Crippen molar-refractivity contribution in [1.29, 1.82) is 0 Å². The average molecular weight is 592 g/mol. The Morgan fingerprint density at radius 3 is 2.63 bits per heavy atom. The number of carbonyl (C=O) groups excluding carboxylic acids is 2. The lowest BCUT2D eigenvalue weighted by Gasteiger charge is -2.36. The molecule has 1 unspecified atom stereocenters. The molecule has 4 aliphatic rings. The van der Waals surface area contributed by atoms with E-state index in [2.05, 4.69) is 26.2 Å². The van der Waals surface area contributed by atoms with Crippen LogP contribution in [0.1, 0.15) is 22.3 Å². The highest BCUT2D eigenvalue weighted by atomic mass is 35.5. The zero-order valence-corrected chi connectivity index (χ0v) is 24.0. The third kappa shape index (κ3) is 6.14. The molecule has 2 fully saturated rings. The van der Waals surface area contributed by atoms with E-state index in [1.165, 1.54) is 4.90 Å². The summed E-state index contributed by atoms with van der Waals surface area (Å²) in [6.45, 7) is 5.82. The van der Waals surface area contributed by atoms with Gasteiger partial charge in [0.25, 0.3) is 5.91 Å². The molecule has 2 aromatic rings. The molecule has 9 nitrogen and oxygen atoms in total. The van der Waals surface area contributed by atoms with Crippen LogP contribution in [0.5, 0.6) is 0 Å². The van der Waals surface area contributed by atoms with Gasteiger partial charge in [-0.05, 0) is 67.2 Å². The van der Waals surface area contributed by atoms with Gasteiger partial charge in [-0.25, -0.2) is 4.99 Å². The molecule has 41 heavy (non-hydrogen) atoms. The highest BCUT2D eigenvalue weighted by Gasteiger charge is 2.38. The number of piperazine rings is 1. The van der Waals surface area contributed by atoms with Gasteiger partial charge in [0.1, 0.15) is 5.92 Å². The van der Waals surface area contributed by atoms with Crippen molar-refractivity contribution >= 4 is 52.1 Å². The van der Waals surface area contributed by atoms with Crippen LogP contribution in [0.2, 0.25) is 5.02 Å². The number of fused-ring (bicyclic) bond motifs is 2. The molecule has 3 heterocycles. The van der Waals surface area contributed by atoms with Gasteiger partial charge >= 0.3 is 0 Å². The summed E-state index contributed by atoms with van der Waals surface area (Å²) < 4.78 is 10.8. The van der Waals surface area contributed by atoms with Gasteiger partial charge in [-0.3, -0.25) is 19.4 Å². The van der Waals surface area contributed by atoms with Gasteiger partial charge in [0.2, 0.25) is 17.8 Å². The predicted molar refractivity (Wildman–Crippen MR) is 161 cm³/mol. The monoisotopic (exact) mass is 591 g/mol. The molecule has 6 rings (SSSR count). The molecule has 2 saturated heterocycles. The maximum Gasteiger partial charge on any atom is 0.251 e. The van der Waals surface area contributed by atoms with E-state index >= 15 is 0 Å². The van der Waals surface area contributed by atoms with Gasteiger partial charge in [0.05, 0.1) is 12.3 Å². The third-order valence-electron chi connectivity index (χ3n) is 7.61. The minimum atomic E-state index is -0.556. The van der Waals surface area contributed by atoms with Crippen molar-refractivity contribution in [3.05, 3.63) is 88.4 Å². The van der Waals surface area contributed by atoms with E-state index in [0.29, 0.717) is 29.3 Å². The highest BCUT2D eigenvalue weighted by molar-refractivity contribution is 7.80. The topological polar surface area (TPSA) is 86.7 Å². The van der Waals surface area contributed by atoms with E-state index in [1.807, 2.05) is 30.3 Å². The van der Waals surface area contributed by atoms with Gasteiger partial charge in [-0.1, -0.05) is 29.8 Å². The minimum Gasteiger partial charge on any atom is -0.454 e. The summed E-state index contributed by atoms with van der Waals surface area (Å²) in [4.78, 5) is 36.6. The van der Waals surface area contributed by atoms with Crippen molar-refractivity contribution in [3.63, 3.8) is 0 Å². The number of nitrogens with zero attached hydrogens (tertiary/aromatic N) is 4. The summed E-state index contributed by atoms with van der Waals surface area (Å²) in [6, 6.07) is 15.2. The summed E-state index contributed by atoms with van der Waals surface area (Å²) in [7, 11) is 0. The second kappa shape index (κ2) is 12.0. The lowest BCUT2D eigenvalue weighted by atomic mass is 9.93. The molecule has 212 valence electrons. The molecule has 1 atom stereocenters. The first kappa shape index (κ1) is 27.4. The number of hydrogen-bond donors (Lipinski definition) is 1. The number of amides is 2. The second-order valence-electron chi connectivity index (χ2n) is 10.3. The maximum absolute atomic E-state index is 13.2. The SMILES string of the molecule is O=C(NCCCN1CCN(c2cccc(Cl)c2)CC1)c1ccc(CN2C(=O)C3C=C4OCOC4=CC3=NC2=S)cc1. The van der Waals surface area contributed by atoms with Crippen LogP contribution in [0.15, 0.2) is 77.2 Å². The zero-order chi connectivity index (χ0) is 28.3. The number of rotatable bonds is 8. The van der Waals surface area contributed by atoms with Crippen molar-refractivity contribution in [2.24, 2.45) is 10.9 Å². The fourth-order valence-electron chi connectivity index (χ4n) is 5.33. The summed E-state index contributed by atoms with van der Waals surface area (Å²) in [5.74, 6) is 0.300. The Kier molecular flexibility index (Phi) is 8.04. The van der Waals surface area contributed by atoms with Crippen molar-refractivity contribution in [2.75, 3.05) is 51.0 Å². The van der Waals surface area contributed by atoms with E-state index in [1.54, 1.807) is 24.3 Å². The molecular weight excluding hydrogens is 562 g/mol. The maximum atomic E-state index is 13.2. The van der Waals surface area contributed by atoms with E-state index < -0.39 is 5.92 Å². The highest BCUT2D eigenvalue weighted by Crippen LogP contribution is 2.31. The van der Waals surface area contributed by atoms with Crippen LogP contribution in [0.3, 0.4) is 0 Å². The van der Waals surface area contributed by atoms with E-state index in [-0.39, 0.29) is 30.3 Å². The average Bonchev–Trinajstić information content (AvgIpc) is 3.45. The van der Waals surface area contributed by atoms with Crippen LogP contribution in [-0.2, 0) is 20.8 Å². The Balaban J connectivity index is 0.949. The number of ether oxygens (including phenoxy) is 2. The number of thiocarbonyl (C=S) groups is 1. The second-order valence-corrected chi connectivity index (χ2v) is 11.1. The molecule has 0 aromatic heterocycles. The summed E-state index contributed by atoms with van der Waals surface area (Å²) in [5.41, 5.74) is 3.15. The largest absolute Gasteiger partial charge is 0.454 e. The molecule has 11 heteroatoms. The molecule has 2 aromatic carbocycles. The molecule has 2 amide bonds. The summed E-state index contributed by atoms with van der Waals surface area (Å²) >= 11 is 11.6. The first-order valence-corrected chi connectivity index (χ1v) is 14.5. The van der Waals surface area contributed by atoms with Gasteiger partial charge in [-0.2, -0.15) is 0 Å². The Hall–Kier alpha value is -3.73. The van der Waals surface area contributed by atoms with Crippen molar-refractivity contribution < 1.29 is 19.1 Å². The molecule has 0 saturated carbocycles. The summed E-state index contributed by atoms with van der Waals surface area (Å²) in [5, 5.41) is 3.98. The standard InChI is InChI=1S/C30H30ClN5O4S/c31-22-3-1-4-23(15-22)35-13-11-34(12-14-35)10-2-9-32-28(37)21-7-5-20(6-8-21)18-36-29(38)24-16-26-27(40-19-39-26)17-25(24)33-30(36)41/h1,3-8,15-17,24H,2,9-14,18-19H2,(H,32,37). The van der Waals surface area contributed by atoms with Crippen molar-refractivity contribution in [3.8, 4) is 0 Å². The fraction of sp³-hybridized carbons (Fsp3) is 0.333. The van der Waals surface area contributed by atoms with Gasteiger partial charge in [0, 0.05) is 55.1 Å². The smallest absolute Gasteiger partial charge is 0.251 e. The quantitative estimate of drug-likeness (QED) is 0.370. The number of hydrogen-bond acceptors (Lipinski definition) is 7. The number of anilines is 1. The molecule has 3 aliphatic heterocycles. The van der Waals surface area contributed by atoms with Gasteiger partial charge in [0.15, 0.2) is 11.5 Å². The van der Waals surface area contributed by atoms with E-state index in [4.69, 9.17) is 33.3 Å². The van der Waals surface area contributed by atoms with Gasteiger partial charge in [-0.15, -0.1) is 0 Å². The Labute approximate surface area is 249 Å². The Morgan fingerprint density at radius 2 is 1.85 bits per heavy atom. The predicted octanol–water partition coefficient (Wildman–Crippen LogP) is 3.75. The Morgan fingerprint density at radius 1 is 1.07 bits per heavy atom. The van der Waals surface area contributed by atoms with E-state index in [9.17, 15) is 9.59 Å². The van der Waals surface area contributed by atoms with Crippen molar-refractivity contribution in [1.82, 2.24) is 15.1 Å². The molecular formula is C30H30ClN5O4S. The minimum absolute atomic E-state index is 0.114. The van der Waals surface area contributed by atoms with Crippen LogP contribution >= 0.6 is 23.8 Å². The molecule has 1 N–H and O–H groups in total. The third-order valence-corrected chi connectivity index (χ3v) is 8.16. The van der Waals surface area contributed by atoms with Crippen LogP contribution < -0.4 is 10.2 Å². The summed E-state index contributed by atoms with van der Waals surface area (Å²) in [6.07, 6.45) is 4.32. The normalized spacial score (nSPS) is 20.3.